The first-order valence-corrected chi connectivity index (χ1v) is 9.43. The summed E-state index contributed by atoms with van der Waals surface area (Å²) in [6.07, 6.45) is -0.0282. The highest BCUT2D eigenvalue weighted by atomic mass is 32.1. The zero-order chi connectivity index (χ0) is 20.3. The molecule has 7 heteroatoms. The highest BCUT2D eigenvalue weighted by molar-refractivity contribution is 7.80. The predicted octanol–water partition coefficient (Wildman–Crippen LogP) is 3.31. The van der Waals surface area contributed by atoms with Crippen molar-refractivity contribution in [3.8, 4) is 0 Å². The van der Waals surface area contributed by atoms with Crippen molar-refractivity contribution in [1.29, 1.82) is 0 Å². The number of thiocarbonyl (C=S) groups is 1. The van der Waals surface area contributed by atoms with Gasteiger partial charge in [0.1, 0.15) is 0 Å². The summed E-state index contributed by atoms with van der Waals surface area (Å²) in [5.74, 6) is -0.686. The van der Waals surface area contributed by atoms with Crippen LogP contribution in [0.1, 0.15) is 52.5 Å². The van der Waals surface area contributed by atoms with Crippen LogP contribution in [-0.2, 0) is 4.79 Å². The van der Waals surface area contributed by atoms with E-state index < -0.39 is 0 Å². The Balaban J connectivity index is 1.50. The number of rotatable bonds is 5. The van der Waals surface area contributed by atoms with Crippen molar-refractivity contribution in [1.82, 2.24) is 10.2 Å². The van der Waals surface area contributed by atoms with E-state index in [9.17, 15) is 14.4 Å². The zero-order valence-electron chi connectivity index (χ0n) is 15.7. The first kappa shape index (κ1) is 19.7. The van der Waals surface area contributed by atoms with Crippen molar-refractivity contribution in [2.75, 3.05) is 11.9 Å². The Bertz CT molecular complexity index is 903. The molecular weight excluding hydrogens is 374 g/mol. The average Bonchev–Trinajstić information content (AvgIpc) is 2.91. The topological polar surface area (TPSA) is 78.5 Å². The molecule has 1 aliphatic heterocycles. The molecule has 0 saturated heterocycles. The molecule has 0 bridgehead atoms. The number of fused-ring (bicyclic) bond motifs is 1. The number of amides is 3. The summed E-state index contributed by atoms with van der Waals surface area (Å²) in [5, 5.41) is 5.69. The van der Waals surface area contributed by atoms with Crippen LogP contribution in [0.25, 0.3) is 0 Å². The number of nitrogens with one attached hydrogen (secondary N) is 2. The van der Waals surface area contributed by atoms with Gasteiger partial charge < -0.3 is 10.6 Å². The van der Waals surface area contributed by atoms with Gasteiger partial charge in [-0.2, -0.15) is 0 Å². The third-order valence-electron chi connectivity index (χ3n) is 4.53. The molecule has 28 heavy (non-hydrogen) atoms. The molecule has 6 nitrogen and oxygen atoms in total. The summed E-state index contributed by atoms with van der Waals surface area (Å²) in [4.78, 5) is 37.8. The lowest BCUT2D eigenvalue weighted by atomic mass is 10.0. The Morgan fingerprint density at radius 1 is 1.00 bits per heavy atom. The zero-order valence-corrected chi connectivity index (χ0v) is 16.5. The van der Waals surface area contributed by atoms with E-state index >= 15 is 0 Å². The number of carbonyl (C=O) groups is 3. The van der Waals surface area contributed by atoms with Gasteiger partial charge in [0.05, 0.1) is 11.1 Å². The van der Waals surface area contributed by atoms with Crippen LogP contribution in [0, 0.1) is 0 Å². The van der Waals surface area contributed by atoms with E-state index in [0.717, 1.165) is 10.6 Å². The van der Waals surface area contributed by atoms with E-state index in [2.05, 4.69) is 24.5 Å². The smallest absolute Gasteiger partial charge is 0.261 e. The lowest BCUT2D eigenvalue weighted by Crippen LogP contribution is -2.38. The van der Waals surface area contributed by atoms with Gasteiger partial charge >= 0.3 is 0 Å². The standard InChI is InChI=1S/C21H21N3O3S/c1-13(2)14-7-9-15(10-8-14)22-21(28)23-18(25)11-12-24-19(26)16-5-3-4-6-17(16)20(24)27/h3-10,13H,11-12H2,1-2H3,(H2,22,23,25,28). The van der Waals surface area contributed by atoms with Gasteiger partial charge in [0.2, 0.25) is 5.91 Å². The fourth-order valence-corrected chi connectivity index (χ4v) is 3.19. The first-order chi connectivity index (χ1) is 13.4. The van der Waals surface area contributed by atoms with Gasteiger partial charge in [-0.05, 0) is 48.0 Å². The summed E-state index contributed by atoms with van der Waals surface area (Å²) < 4.78 is 0. The second kappa shape index (κ2) is 8.31. The molecule has 2 aromatic rings. The second-order valence-corrected chi connectivity index (χ2v) is 7.24. The molecule has 0 atom stereocenters. The van der Waals surface area contributed by atoms with E-state index in [1.54, 1.807) is 24.3 Å². The number of carbonyl (C=O) groups excluding carboxylic acids is 3. The van der Waals surface area contributed by atoms with E-state index in [1.807, 2.05) is 24.3 Å². The SMILES string of the molecule is CC(C)c1ccc(NC(=S)NC(=O)CCN2C(=O)c3ccccc3C2=O)cc1. The Labute approximate surface area is 168 Å². The number of nitrogens with zero attached hydrogens (tertiary/aromatic N) is 1. The van der Waals surface area contributed by atoms with Crippen molar-refractivity contribution in [3.05, 3.63) is 65.2 Å². The maximum atomic E-state index is 12.3. The van der Waals surface area contributed by atoms with Gasteiger partial charge in [0.15, 0.2) is 5.11 Å². The summed E-state index contributed by atoms with van der Waals surface area (Å²) in [5.41, 5.74) is 2.72. The van der Waals surface area contributed by atoms with Crippen LogP contribution in [0.3, 0.4) is 0 Å². The monoisotopic (exact) mass is 395 g/mol. The van der Waals surface area contributed by atoms with Gasteiger partial charge in [-0.1, -0.05) is 38.1 Å². The van der Waals surface area contributed by atoms with Crippen LogP contribution in [0.2, 0.25) is 0 Å². The highest BCUT2D eigenvalue weighted by Crippen LogP contribution is 2.22. The van der Waals surface area contributed by atoms with Crippen molar-refractivity contribution in [2.24, 2.45) is 0 Å². The maximum absolute atomic E-state index is 12.3. The van der Waals surface area contributed by atoms with E-state index in [-0.39, 0.29) is 35.8 Å². The molecule has 2 aromatic carbocycles. The molecule has 3 rings (SSSR count). The summed E-state index contributed by atoms with van der Waals surface area (Å²) >= 11 is 5.16. The number of hydrogen-bond acceptors (Lipinski definition) is 4. The van der Waals surface area contributed by atoms with Crippen molar-refractivity contribution >= 4 is 40.7 Å². The molecule has 1 heterocycles. The number of benzene rings is 2. The van der Waals surface area contributed by atoms with E-state index in [1.165, 1.54) is 5.56 Å². The summed E-state index contributed by atoms with van der Waals surface area (Å²) in [6, 6.07) is 14.4. The molecule has 0 radical (unpaired) electrons. The lowest BCUT2D eigenvalue weighted by molar-refractivity contribution is -0.119. The molecule has 0 spiro atoms. The van der Waals surface area contributed by atoms with Crippen molar-refractivity contribution in [2.45, 2.75) is 26.2 Å². The van der Waals surface area contributed by atoms with Gasteiger partial charge in [0, 0.05) is 18.7 Å². The number of hydrogen-bond donors (Lipinski definition) is 2. The number of anilines is 1. The van der Waals surface area contributed by atoms with Crippen LogP contribution < -0.4 is 10.6 Å². The van der Waals surface area contributed by atoms with Crippen LogP contribution in [0.5, 0.6) is 0 Å². The third-order valence-corrected chi connectivity index (χ3v) is 4.73. The van der Waals surface area contributed by atoms with Gasteiger partial charge in [-0.15, -0.1) is 0 Å². The Hall–Kier alpha value is -3.06. The Morgan fingerprint density at radius 3 is 2.11 bits per heavy atom. The molecule has 0 fully saturated rings. The van der Waals surface area contributed by atoms with Crippen LogP contribution in [0.4, 0.5) is 5.69 Å². The van der Waals surface area contributed by atoms with E-state index in [0.29, 0.717) is 17.0 Å². The first-order valence-electron chi connectivity index (χ1n) is 9.03. The van der Waals surface area contributed by atoms with Crippen molar-refractivity contribution < 1.29 is 14.4 Å². The molecule has 3 amide bonds. The minimum Gasteiger partial charge on any atom is -0.332 e. The summed E-state index contributed by atoms with van der Waals surface area (Å²) in [6.45, 7) is 4.23. The fourth-order valence-electron chi connectivity index (χ4n) is 2.96. The minimum absolute atomic E-state index is 0.00385. The van der Waals surface area contributed by atoms with Crippen LogP contribution in [-0.4, -0.2) is 34.3 Å². The predicted molar refractivity (Wildman–Crippen MR) is 111 cm³/mol. The highest BCUT2D eigenvalue weighted by Gasteiger charge is 2.34. The maximum Gasteiger partial charge on any atom is 0.261 e. The third kappa shape index (κ3) is 4.26. The van der Waals surface area contributed by atoms with Crippen LogP contribution >= 0.6 is 12.2 Å². The van der Waals surface area contributed by atoms with Crippen molar-refractivity contribution in [3.63, 3.8) is 0 Å². The van der Waals surface area contributed by atoms with Gasteiger partial charge in [0.25, 0.3) is 11.8 Å². The largest absolute Gasteiger partial charge is 0.332 e. The Kier molecular flexibility index (Phi) is 5.84. The minimum atomic E-state index is -0.376. The molecule has 2 N–H and O–H groups in total. The molecular formula is C21H21N3O3S. The van der Waals surface area contributed by atoms with Crippen LogP contribution in [0.15, 0.2) is 48.5 Å². The molecule has 0 saturated carbocycles. The quantitative estimate of drug-likeness (QED) is 0.600. The molecule has 144 valence electrons. The number of imide groups is 1. The van der Waals surface area contributed by atoms with Gasteiger partial charge in [-0.25, -0.2) is 0 Å². The Morgan fingerprint density at radius 2 is 1.57 bits per heavy atom. The van der Waals surface area contributed by atoms with E-state index in [4.69, 9.17) is 12.2 Å². The molecule has 0 unspecified atom stereocenters. The normalized spacial score (nSPS) is 12.9. The summed E-state index contributed by atoms with van der Waals surface area (Å²) in [7, 11) is 0. The second-order valence-electron chi connectivity index (χ2n) is 6.84. The fraction of sp³-hybridized carbons (Fsp3) is 0.238. The molecule has 0 aromatic heterocycles. The molecule has 1 aliphatic rings. The lowest BCUT2D eigenvalue weighted by Gasteiger charge is -2.14. The van der Waals surface area contributed by atoms with Gasteiger partial charge in [-0.3, -0.25) is 19.3 Å². The molecule has 0 aliphatic carbocycles. The average molecular weight is 395 g/mol.